The molecule has 7 unspecified atom stereocenters. The van der Waals surface area contributed by atoms with Gasteiger partial charge >= 0.3 is 5.97 Å². The smallest absolute Gasteiger partial charge is 0.308 e. The van der Waals surface area contributed by atoms with E-state index in [1.54, 1.807) is 13.8 Å². The number of carbonyl (C=O) groups is 2. The maximum absolute atomic E-state index is 12.5. The topological polar surface area (TPSA) is 96.4 Å². The molecule has 6 heteroatoms. The summed E-state index contributed by atoms with van der Waals surface area (Å²) in [6.07, 6.45) is 1.28. The zero-order chi connectivity index (χ0) is 18.8. The second-order valence-corrected chi connectivity index (χ2v) is 8.04. The van der Waals surface area contributed by atoms with Crippen molar-refractivity contribution in [1.29, 1.82) is 0 Å². The second kappa shape index (κ2) is 8.14. The number of hydrogen-bond donors (Lipinski definition) is 2. The van der Waals surface area contributed by atoms with E-state index in [2.05, 4.69) is 6.92 Å². The highest BCUT2D eigenvalue weighted by Crippen LogP contribution is 2.43. The molecule has 144 valence electrons. The standard InChI is InChI=1S/C19H32O6/c1-11-6-5-8-19(4)15(25-19)7-9-24-16(21)10-14(20)12(2)18(23)13(3)17(11)22/h11-15,17,20,22H,5-10H2,1-4H3. The van der Waals surface area contributed by atoms with Gasteiger partial charge in [0.15, 0.2) is 0 Å². The highest BCUT2D eigenvalue weighted by molar-refractivity contribution is 5.84. The molecule has 0 saturated carbocycles. The average molecular weight is 356 g/mol. The van der Waals surface area contributed by atoms with E-state index in [4.69, 9.17) is 9.47 Å². The number of ether oxygens (including phenoxy) is 2. The number of carbonyl (C=O) groups excluding carboxylic acids is 2. The van der Waals surface area contributed by atoms with Crippen LogP contribution >= 0.6 is 0 Å². The predicted molar refractivity (Wildman–Crippen MR) is 91.8 cm³/mol. The van der Waals surface area contributed by atoms with E-state index in [-0.39, 0.29) is 36.4 Å². The molecule has 2 heterocycles. The van der Waals surface area contributed by atoms with Crippen LogP contribution in [0.2, 0.25) is 0 Å². The first-order valence-electron chi connectivity index (χ1n) is 9.39. The summed E-state index contributed by atoms with van der Waals surface area (Å²) in [5.74, 6) is -2.04. The largest absolute Gasteiger partial charge is 0.465 e. The molecule has 2 saturated heterocycles. The molecule has 2 N–H and O–H groups in total. The Morgan fingerprint density at radius 3 is 2.44 bits per heavy atom. The molecule has 6 nitrogen and oxygen atoms in total. The number of aliphatic hydroxyl groups is 2. The molecule has 2 aliphatic rings. The van der Waals surface area contributed by atoms with Crippen LogP contribution in [0.3, 0.4) is 0 Å². The SMILES string of the molecule is CC1CCCC2(C)OC2CCOC(=O)CC(O)C(C)C(=O)C(C)C1O. The lowest BCUT2D eigenvalue weighted by Gasteiger charge is -2.28. The first-order valence-corrected chi connectivity index (χ1v) is 9.39. The monoisotopic (exact) mass is 356 g/mol. The highest BCUT2D eigenvalue weighted by atomic mass is 16.6. The van der Waals surface area contributed by atoms with Gasteiger partial charge in [0.1, 0.15) is 5.78 Å². The molecule has 0 aromatic heterocycles. The van der Waals surface area contributed by atoms with Crippen molar-refractivity contribution in [1.82, 2.24) is 0 Å². The fraction of sp³-hybridized carbons (Fsp3) is 0.895. The molecule has 7 atom stereocenters. The van der Waals surface area contributed by atoms with Crippen LogP contribution in [-0.2, 0) is 19.1 Å². The van der Waals surface area contributed by atoms with Crippen molar-refractivity contribution in [2.45, 2.75) is 83.7 Å². The van der Waals surface area contributed by atoms with Crippen LogP contribution < -0.4 is 0 Å². The van der Waals surface area contributed by atoms with Gasteiger partial charge < -0.3 is 19.7 Å². The van der Waals surface area contributed by atoms with Crippen molar-refractivity contribution >= 4 is 11.8 Å². The van der Waals surface area contributed by atoms with Crippen LogP contribution in [0.15, 0.2) is 0 Å². The Morgan fingerprint density at radius 1 is 1.08 bits per heavy atom. The number of esters is 1. The van der Waals surface area contributed by atoms with Crippen LogP contribution in [0.1, 0.15) is 59.8 Å². The summed E-state index contributed by atoms with van der Waals surface area (Å²) in [4.78, 5) is 24.4. The minimum absolute atomic E-state index is 0.0121. The summed E-state index contributed by atoms with van der Waals surface area (Å²) in [5.41, 5.74) is -0.177. The molecule has 25 heavy (non-hydrogen) atoms. The molecular weight excluding hydrogens is 324 g/mol. The second-order valence-electron chi connectivity index (χ2n) is 8.04. The van der Waals surface area contributed by atoms with E-state index < -0.39 is 30.0 Å². The van der Waals surface area contributed by atoms with E-state index >= 15 is 0 Å². The van der Waals surface area contributed by atoms with Gasteiger partial charge in [-0.05, 0) is 25.7 Å². The van der Waals surface area contributed by atoms with Crippen molar-refractivity contribution in [3.05, 3.63) is 0 Å². The lowest BCUT2D eigenvalue weighted by atomic mass is 9.81. The van der Waals surface area contributed by atoms with Crippen LogP contribution in [0.25, 0.3) is 0 Å². The fourth-order valence-electron chi connectivity index (χ4n) is 3.77. The molecule has 0 radical (unpaired) electrons. The van der Waals surface area contributed by atoms with Gasteiger partial charge in [-0.2, -0.15) is 0 Å². The Balaban J connectivity index is 2.06. The Labute approximate surface area is 149 Å². The van der Waals surface area contributed by atoms with Crippen molar-refractivity contribution in [2.24, 2.45) is 17.8 Å². The number of rotatable bonds is 0. The van der Waals surface area contributed by atoms with Gasteiger partial charge in [0.2, 0.25) is 0 Å². The summed E-state index contributed by atoms with van der Waals surface area (Å²) in [6, 6.07) is 0. The van der Waals surface area contributed by atoms with Crippen molar-refractivity contribution in [3.8, 4) is 0 Å². The molecule has 0 spiro atoms. The van der Waals surface area contributed by atoms with Gasteiger partial charge in [0.25, 0.3) is 0 Å². The Morgan fingerprint density at radius 2 is 1.76 bits per heavy atom. The lowest BCUT2D eigenvalue weighted by molar-refractivity contribution is -0.147. The molecule has 2 fully saturated rings. The molecule has 0 aromatic rings. The Hall–Kier alpha value is -0.980. The Bertz CT molecular complexity index is 492. The fourth-order valence-corrected chi connectivity index (χ4v) is 3.77. The number of ketones is 1. The van der Waals surface area contributed by atoms with Crippen molar-refractivity contribution in [3.63, 3.8) is 0 Å². The minimum Gasteiger partial charge on any atom is -0.465 e. The van der Waals surface area contributed by atoms with Gasteiger partial charge in [-0.1, -0.05) is 27.2 Å². The summed E-state index contributed by atoms with van der Waals surface area (Å²) >= 11 is 0. The molecular formula is C19H32O6. The van der Waals surface area contributed by atoms with Gasteiger partial charge in [-0.25, -0.2) is 0 Å². The summed E-state index contributed by atoms with van der Waals surface area (Å²) in [7, 11) is 0. The molecule has 0 bridgehead atoms. The van der Waals surface area contributed by atoms with Gasteiger partial charge in [0, 0.05) is 18.3 Å². The number of Topliss-reactive ketones (excluding diaryl/α,β-unsaturated/α-hetero) is 1. The zero-order valence-electron chi connectivity index (χ0n) is 15.7. The van der Waals surface area contributed by atoms with E-state index in [1.165, 1.54) is 0 Å². The van der Waals surface area contributed by atoms with E-state index in [0.717, 1.165) is 19.3 Å². The van der Waals surface area contributed by atoms with Gasteiger partial charge in [0.05, 0.1) is 36.9 Å². The first kappa shape index (κ1) is 20.3. The van der Waals surface area contributed by atoms with Crippen molar-refractivity contribution in [2.75, 3.05) is 6.61 Å². The van der Waals surface area contributed by atoms with Crippen LogP contribution in [0.5, 0.6) is 0 Å². The third-order valence-electron chi connectivity index (χ3n) is 5.96. The van der Waals surface area contributed by atoms with E-state index in [0.29, 0.717) is 6.42 Å². The normalized spacial score (nSPS) is 44.7. The minimum atomic E-state index is -1.10. The summed E-state index contributed by atoms with van der Waals surface area (Å²) in [5, 5.41) is 20.7. The average Bonchev–Trinajstić information content (AvgIpc) is 3.20. The lowest BCUT2D eigenvalue weighted by Crippen LogP contribution is -2.38. The number of aliphatic hydroxyl groups excluding tert-OH is 2. The Kier molecular flexibility index (Phi) is 6.62. The molecule has 2 rings (SSSR count). The van der Waals surface area contributed by atoms with E-state index in [9.17, 15) is 19.8 Å². The first-order chi connectivity index (χ1) is 11.7. The zero-order valence-corrected chi connectivity index (χ0v) is 15.7. The quantitative estimate of drug-likeness (QED) is 0.508. The van der Waals surface area contributed by atoms with Crippen LogP contribution in [-0.4, -0.2) is 52.5 Å². The third kappa shape index (κ3) is 5.02. The van der Waals surface area contributed by atoms with E-state index in [1.807, 2.05) is 6.92 Å². The van der Waals surface area contributed by atoms with Gasteiger partial charge in [-0.3, -0.25) is 9.59 Å². The summed E-state index contributed by atoms with van der Waals surface area (Å²) in [6.45, 7) is 7.56. The number of cyclic esters (lactones) is 1. The van der Waals surface area contributed by atoms with Crippen LogP contribution in [0, 0.1) is 17.8 Å². The van der Waals surface area contributed by atoms with Crippen molar-refractivity contribution < 1.29 is 29.3 Å². The number of epoxide rings is 1. The molecule has 2 aliphatic heterocycles. The maximum Gasteiger partial charge on any atom is 0.308 e. The molecule has 0 amide bonds. The molecule has 0 aromatic carbocycles. The maximum atomic E-state index is 12.5. The summed E-state index contributed by atoms with van der Waals surface area (Å²) < 4.78 is 10.9. The predicted octanol–water partition coefficient (Wildman–Crippen LogP) is 1.85. The number of fused-ring (bicyclic) bond motifs is 1. The third-order valence-corrected chi connectivity index (χ3v) is 5.96. The van der Waals surface area contributed by atoms with Gasteiger partial charge in [-0.15, -0.1) is 0 Å². The molecule has 0 aliphatic carbocycles. The highest BCUT2D eigenvalue weighted by Gasteiger charge is 2.51. The number of hydrogen-bond acceptors (Lipinski definition) is 6. The van der Waals surface area contributed by atoms with Crippen LogP contribution in [0.4, 0.5) is 0 Å².